The van der Waals surface area contributed by atoms with E-state index in [9.17, 15) is 0 Å². The van der Waals surface area contributed by atoms with Gasteiger partial charge < -0.3 is 9.72 Å². The van der Waals surface area contributed by atoms with Crippen molar-refractivity contribution >= 4 is 33.8 Å². The van der Waals surface area contributed by atoms with Crippen LogP contribution in [0.15, 0.2) is 60.9 Å². The van der Waals surface area contributed by atoms with E-state index in [1.165, 1.54) is 11.1 Å². The van der Waals surface area contributed by atoms with Gasteiger partial charge in [0, 0.05) is 11.8 Å². The van der Waals surface area contributed by atoms with Gasteiger partial charge in [0.25, 0.3) is 0 Å². The minimum absolute atomic E-state index is 0.828. The Morgan fingerprint density at radius 3 is 2.27 bits per heavy atom. The first-order valence-electron chi connectivity index (χ1n) is 8.45. The maximum Gasteiger partial charge on any atom is 0.157 e. The fourth-order valence-corrected chi connectivity index (χ4v) is 3.46. The lowest BCUT2D eigenvalue weighted by atomic mass is 10.0. The lowest BCUT2D eigenvalue weighted by molar-refractivity contribution is 0.414. The molecule has 0 unspecified atom stereocenters. The molecule has 130 valence electrons. The van der Waals surface area contributed by atoms with Crippen molar-refractivity contribution < 1.29 is 4.74 Å². The lowest BCUT2D eigenvalue weighted by Crippen LogP contribution is -1.93. The normalized spacial score (nSPS) is 11.0. The van der Waals surface area contributed by atoms with Crippen LogP contribution >= 0.6 is 22.6 Å². The van der Waals surface area contributed by atoms with Gasteiger partial charge in [-0.05, 0) is 58.7 Å². The summed E-state index contributed by atoms with van der Waals surface area (Å²) in [6.45, 7) is 0. The van der Waals surface area contributed by atoms with Gasteiger partial charge in [0.05, 0.1) is 22.6 Å². The molecule has 0 aliphatic rings. The molecule has 0 saturated heterocycles. The number of aromatic nitrogens is 3. The number of nitrogens with zero attached hydrogens (tertiary/aromatic N) is 2. The maximum absolute atomic E-state index is 5.20. The molecule has 4 rings (SSSR count). The molecule has 1 N–H and O–H groups in total. The number of H-pyrrole nitrogens is 1. The van der Waals surface area contributed by atoms with Crippen molar-refractivity contribution in [1.82, 2.24) is 15.0 Å². The van der Waals surface area contributed by atoms with Gasteiger partial charge >= 0.3 is 0 Å². The molecule has 26 heavy (non-hydrogen) atoms. The Morgan fingerprint density at radius 1 is 0.962 bits per heavy atom. The van der Waals surface area contributed by atoms with Crippen LogP contribution in [0.25, 0.3) is 22.4 Å². The zero-order chi connectivity index (χ0) is 17.9. The van der Waals surface area contributed by atoms with Crippen molar-refractivity contribution in [3.05, 3.63) is 75.6 Å². The highest BCUT2D eigenvalue weighted by Gasteiger charge is 2.07. The number of hydrogen-bond donors (Lipinski definition) is 1. The van der Waals surface area contributed by atoms with Gasteiger partial charge in [-0.15, -0.1) is 0 Å². The third-order valence-corrected chi connectivity index (χ3v) is 5.27. The van der Waals surface area contributed by atoms with Crippen molar-refractivity contribution in [3.63, 3.8) is 0 Å². The van der Waals surface area contributed by atoms with Gasteiger partial charge in [0.15, 0.2) is 5.65 Å². The predicted octanol–water partition coefficient (Wildman–Crippen LogP) is 5.02. The summed E-state index contributed by atoms with van der Waals surface area (Å²) < 4.78 is 6.29. The third kappa shape index (κ3) is 3.58. The highest BCUT2D eigenvalue weighted by molar-refractivity contribution is 14.1. The molecule has 4 nitrogen and oxygen atoms in total. The van der Waals surface area contributed by atoms with Crippen molar-refractivity contribution in [1.29, 1.82) is 0 Å². The second-order valence-corrected chi connectivity index (χ2v) is 7.30. The molecule has 2 aromatic carbocycles. The topological polar surface area (TPSA) is 50.8 Å². The Bertz CT molecular complexity index is 1020. The molecule has 0 radical (unpaired) electrons. The summed E-state index contributed by atoms with van der Waals surface area (Å²) in [4.78, 5) is 12.3. The van der Waals surface area contributed by atoms with E-state index in [1.807, 2.05) is 24.5 Å². The molecule has 0 bridgehead atoms. The van der Waals surface area contributed by atoms with Crippen LogP contribution < -0.4 is 4.74 Å². The highest BCUT2D eigenvalue weighted by atomic mass is 127. The van der Waals surface area contributed by atoms with E-state index in [1.54, 1.807) is 7.11 Å². The Balaban J connectivity index is 1.47. The van der Waals surface area contributed by atoms with Crippen LogP contribution in [0.5, 0.6) is 5.75 Å². The summed E-state index contributed by atoms with van der Waals surface area (Å²) in [5, 5.41) is 0. The van der Waals surface area contributed by atoms with Crippen molar-refractivity contribution in [2.45, 2.75) is 12.8 Å². The first-order valence-corrected chi connectivity index (χ1v) is 9.52. The van der Waals surface area contributed by atoms with E-state index in [0.717, 1.165) is 44.6 Å². The number of fused-ring (bicyclic) bond motifs is 1. The second kappa shape index (κ2) is 7.45. The van der Waals surface area contributed by atoms with Crippen molar-refractivity contribution in [2.75, 3.05) is 7.11 Å². The Kier molecular flexibility index (Phi) is 4.88. The summed E-state index contributed by atoms with van der Waals surface area (Å²) in [5.41, 5.74) is 6.37. The van der Waals surface area contributed by atoms with Gasteiger partial charge in [0.2, 0.25) is 0 Å². The quantitative estimate of drug-likeness (QED) is 0.430. The lowest BCUT2D eigenvalue weighted by Gasteiger charge is -2.06. The van der Waals surface area contributed by atoms with Crippen LogP contribution in [-0.2, 0) is 12.8 Å². The molecule has 0 saturated carbocycles. The van der Waals surface area contributed by atoms with Crippen LogP contribution in [0, 0.1) is 3.57 Å². The Morgan fingerprint density at radius 2 is 1.62 bits per heavy atom. The zero-order valence-electron chi connectivity index (χ0n) is 14.4. The van der Waals surface area contributed by atoms with Crippen molar-refractivity contribution in [3.8, 4) is 17.0 Å². The van der Waals surface area contributed by atoms with Gasteiger partial charge in [-0.2, -0.15) is 0 Å². The number of ether oxygens (including phenoxy) is 1. The predicted molar refractivity (Wildman–Crippen MR) is 112 cm³/mol. The van der Waals surface area contributed by atoms with E-state index < -0.39 is 0 Å². The fraction of sp³-hybridized carbons (Fsp3) is 0.143. The van der Waals surface area contributed by atoms with E-state index in [0.29, 0.717) is 0 Å². The average Bonchev–Trinajstić information content (AvgIpc) is 3.07. The van der Waals surface area contributed by atoms with Crippen LogP contribution in [0.1, 0.15) is 11.1 Å². The molecule has 0 amide bonds. The number of nitrogens with one attached hydrogen (secondary N) is 1. The number of methoxy groups -OCH3 is 1. The number of rotatable bonds is 5. The Labute approximate surface area is 165 Å². The highest BCUT2D eigenvalue weighted by Crippen LogP contribution is 2.22. The second-order valence-electron chi connectivity index (χ2n) is 6.13. The van der Waals surface area contributed by atoms with Gasteiger partial charge in [0.1, 0.15) is 11.3 Å². The average molecular weight is 455 g/mol. The van der Waals surface area contributed by atoms with Crippen LogP contribution in [-0.4, -0.2) is 22.1 Å². The van der Waals surface area contributed by atoms with E-state index >= 15 is 0 Å². The molecule has 2 heterocycles. The van der Waals surface area contributed by atoms with Gasteiger partial charge in [-0.1, -0.05) is 36.4 Å². The number of benzene rings is 2. The number of hydrogen-bond acceptors (Lipinski definition) is 3. The number of aryl methyl sites for hydroxylation is 2. The molecule has 0 atom stereocenters. The molecular weight excluding hydrogens is 437 g/mol. The van der Waals surface area contributed by atoms with Gasteiger partial charge in [-0.3, -0.25) is 0 Å². The van der Waals surface area contributed by atoms with E-state index in [4.69, 9.17) is 9.72 Å². The molecule has 0 aliphatic carbocycles. The minimum atomic E-state index is 0.828. The molecule has 0 aliphatic heterocycles. The molecule has 0 fully saturated rings. The van der Waals surface area contributed by atoms with E-state index in [2.05, 4.69) is 69.0 Å². The largest absolute Gasteiger partial charge is 0.497 e. The van der Waals surface area contributed by atoms with Crippen LogP contribution in [0.3, 0.4) is 0 Å². The molecule has 0 spiro atoms. The minimum Gasteiger partial charge on any atom is -0.497 e. The summed E-state index contributed by atoms with van der Waals surface area (Å²) in [7, 11) is 1.69. The third-order valence-electron chi connectivity index (χ3n) is 4.45. The smallest absolute Gasteiger partial charge is 0.157 e. The fourth-order valence-electron chi connectivity index (χ4n) is 2.92. The van der Waals surface area contributed by atoms with Crippen LogP contribution in [0.4, 0.5) is 0 Å². The first-order chi connectivity index (χ1) is 12.7. The SMILES string of the molecule is COc1ccc(CCc2ccc(-c3cnc4[nH]cc(I)c4n3)cc2)cc1. The zero-order valence-corrected chi connectivity index (χ0v) is 16.5. The standard InChI is InChI=1S/C21H18IN3O/c1-26-17-10-6-15(7-11-17)3-2-14-4-8-16(9-5-14)19-13-24-21-20(25-19)18(22)12-23-21/h4-13H,2-3H2,1H3,(H,23,24). The molecular formula is C21H18IN3O. The molecule has 2 aromatic heterocycles. The molecule has 5 heteroatoms. The summed E-state index contributed by atoms with van der Waals surface area (Å²) >= 11 is 2.27. The van der Waals surface area contributed by atoms with Gasteiger partial charge in [-0.25, -0.2) is 9.97 Å². The number of aromatic amines is 1. The maximum atomic E-state index is 5.20. The molecule has 4 aromatic rings. The summed E-state index contributed by atoms with van der Waals surface area (Å²) in [6, 6.07) is 16.9. The van der Waals surface area contributed by atoms with Crippen LogP contribution in [0.2, 0.25) is 0 Å². The number of halogens is 1. The first kappa shape index (κ1) is 17.0. The summed E-state index contributed by atoms with van der Waals surface area (Å²) in [6.07, 6.45) is 5.77. The van der Waals surface area contributed by atoms with Crippen molar-refractivity contribution in [2.24, 2.45) is 0 Å². The summed E-state index contributed by atoms with van der Waals surface area (Å²) in [5.74, 6) is 0.897. The van der Waals surface area contributed by atoms with E-state index in [-0.39, 0.29) is 0 Å². The Hall–Kier alpha value is -2.41. The monoisotopic (exact) mass is 455 g/mol.